The number of alkyl halides is 3. The summed E-state index contributed by atoms with van der Waals surface area (Å²) in [5.41, 5.74) is 3.29. The fraction of sp³-hybridized carbons (Fsp3) is 0.280. The number of ketones is 2. The average Bonchev–Trinajstić information content (AvgIpc) is 3.30. The average molecular weight is 1070 g/mol. The molecule has 5 aromatic rings. The van der Waals surface area contributed by atoms with Crippen LogP contribution in [0.3, 0.4) is 0 Å². The number of carbonyl (C=O) groups excluding carboxylic acids is 6. The molecule has 4 N–H and O–H groups in total. The maximum atomic E-state index is 13.6. The molecule has 0 aliphatic heterocycles. The van der Waals surface area contributed by atoms with Crippen LogP contribution in [0.1, 0.15) is 89.7 Å². The van der Waals surface area contributed by atoms with E-state index in [4.69, 9.17) is 67.5 Å². The van der Waals surface area contributed by atoms with Crippen LogP contribution < -0.4 is 30.7 Å². The van der Waals surface area contributed by atoms with Crippen molar-refractivity contribution >= 4 is 127 Å². The zero-order valence-electron chi connectivity index (χ0n) is 39.2. The van der Waals surface area contributed by atoms with Gasteiger partial charge in [-0.2, -0.15) is 20.5 Å². The molecule has 0 aliphatic carbocycles. The van der Waals surface area contributed by atoms with Gasteiger partial charge in [-0.25, -0.2) is 0 Å². The molecule has 5 aromatic carbocycles. The minimum Gasteiger partial charge on any atom is -0.494 e. The molecule has 4 amide bonds. The van der Waals surface area contributed by atoms with Gasteiger partial charge in [-0.1, -0.05) is 35.3 Å². The molecule has 0 saturated carbocycles. The Balaban J connectivity index is 1.28. The van der Waals surface area contributed by atoms with E-state index in [0.29, 0.717) is 41.7 Å². The Hall–Kier alpha value is -6.43. The van der Waals surface area contributed by atoms with Gasteiger partial charge in [0.1, 0.15) is 22.9 Å². The van der Waals surface area contributed by atoms with Crippen molar-refractivity contribution in [1.29, 1.82) is 0 Å². The standard InChI is InChI=1S/C50H49Cl5N8O8/c1-7-70-36-22-31(26(3)52)20-34(24-36)57-47(66)38-11-9-13-41(43(38)54)60-62-45(28(5)64)49(68)56-33-15-16-40(30(19-33)17-18-51)59-50(69)46(29(6)65)63-61-42-14-10-12-39(44(42)55)48(67)58-35-21-32(27(4)53)23-37(25-35)71-8-2/h9-16,19-27,45-46H,7-8,17-18H2,1-6H3,(H,56,68)(H,57,66)(H,58,67)(H,59,69). The number of hydrogen-bond acceptors (Lipinski definition) is 12. The molecular formula is C50H49Cl5N8O8. The lowest BCUT2D eigenvalue weighted by molar-refractivity contribution is -0.127. The summed E-state index contributed by atoms with van der Waals surface area (Å²) in [6.07, 6.45) is 0.197. The topological polar surface area (TPSA) is 218 Å². The third-order valence-corrected chi connectivity index (χ3v) is 11.7. The lowest BCUT2D eigenvalue weighted by Crippen LogP contribution is -2.32. The van der Waals surface area contributed by atoms with Crippen molar-refractivity contribution in [3.63, 3.8) is 0 Å². The van der Waals surface area contributed by atoms with Crippen LogP contribution in [0.5, 0.6) is 11.5 Å². The van der Waals surface area contributed by atoms with Crippen LogP contribution in [-0.2, 0) is 25.6 Å². The lowest BCUT2D eigenvalue weighted by Gasteiger charge is -2.16. The third kappa shape index (κ3) is 15.3. The van der Waals surface area contributed by atoms with E-state index in [2.05, 4.69) is 41.7 Å². The quantitative estimate of drug-likeness (QED) is 0.0296. The van der Waals surface area contributed by atoms with Crippen molar-refractivity contribution in [1.82, 2.24) is 0 Å². The summed E-state index contributed by atoms with van der Waals surface area (Å²) in [4.78, 5) is 79.4. The summed E-state index contributed by atoms with van der Waals surface area (Å²) in [6, 6.07) is 20.3. The number of aryl methyl sites for hydroxylation is 1. The number of Topliss-reactive ketones (excluding diaryl/α,β-unsaturated/α-hetero) is 2. The smallest absolute Gasteiger partial charge is 0.258 e. The molecule has 0 fully saturated rings. The number of rotatable bonds is 22. The molecule has 372 valence electrons. The number of hydrogen-bond donors (Lipinski definition) is 4. The monoisotopic (exact) mass is 1060 g/mol. The number of amides is 4. The molecule has 0 radical (unpaired) electrons. The first-order valence-corrected chi connectivity index (χ1v) is 24.2. The van der Waals surface area contributed by atoms with Crippen molar-refractivity contribution in [2.75, 3.05) is 40.4 Å². The van der Waals surface area contributed by atoms with Gasteiger partial charge in [0, 0.05) is 40.8 Å². The summed E-state index contributed by atoms with van der Waals surface area (Å²) in [5, 5.41) is 26.1. The summed E-state index contributed by atoms with van der Waals surface area (Å²) < 4.78 is 11.2. The second-order valence-corrected chi connectivity index (χ2v) is 18.1. The Morgan fingerprint density at radius 2 is 1.03 bits per heavy atom. The number of ether oxygens (including phenoxy) is 2. The van der Waals surface area contributed by atoms with Gasteiger partial charge < -0.3 is 30.7 Å². The van der Waals surface area contributed by atoms with Gasteiger partial charge in [0.05, 0.1) is 45.1 Å². The van der Waals surface area contributed by atoms with E-state index in [9.17, 15) is 28.8 Å². The number of carbonyl (C=O) groups is 6. The van der Waals surface area contributed by atoms with Gasteiger partial charge in [-0.3, -0.25) is 28.8 Å². The van der Waals surface area contributed by atoms with Gasteiger partial charge in [0.15, 0.2) is 11.6 Å². The summed E-state index contributed by atoms with van der Waals surface area (Å²) in [5.74, 6) is -3.02. The minimum absolute atomic E-state index is 0.0131. The van der Waals surface area contributed by atoms with E-state index in [-0.39, 0.29) is 67.0 Å². The van der Waals surface area contributed by atoms with Gasteiger partial charge in [0.25, 0.3) is 23.6 Å². The van der Waals surface area contributed by atoms with Gasteiger partial charge >= 0.3 is 0 Å². The number of benzene rings is 5. The van der Waals surface area contributed by atoms with Gasteiger partial charge in [-0.05, 0) is 131 Å². The largest absolute Gasteiger partial charge is 0.494 e. The van der Waals surface area contributed by atoms with Crippen molar-refractivity contribution in [2.45, 2.75) is 70.8 Å². The molecule has 0 bridgehead atoms. The van der Waals surface area contributed by atoms with Crippen molar-refractivity contribution < 1.29 is 38.2 Å². The summed E-state index contributed by atoms with van der Waals surface area (Å²) >= 11 is 32.0. The molecule has 21 heteroatoms. The number of anilines is 4. The maximum Gasteiger partial charge on any atom is 0.258 e. The second-order valence-electron chi connectivity index (χ2n) is 15.6. The maximum absolute atomic E-state index is 13.6. The Morgan fingerprint density at radius 3 is 1.44 bits per heavy atom. The Labute approximate surface area is 435 Å². The fourth-order valence-electron chi connectivity index (χ4n) is 6.68. The first-order chi connectivity index (χ1) is 33.8. The Morgan fingerprint density at radius 1 is 0.577 bits per heavy atom. The van der Waals surface area contributed by atoms with Crippen molar-refractivity contribution in [3.05, 3.63) is 129 Å². The van der Waals surface area contributed by atoms with Crippen LogP contribution in [-0.4, -0.2) is 66.4 Å². The minimum atomic E-state index is -1.64. The number of nitrogens with one attached hydrogen (secondary N) is 4. The number of azo groups is 2. The second kappa shape index (κ2) is 26.1. The van der Waals surface area contributed by atoms with E-state index in [1.165, 1.54) is 54.6 Å². The molecule has 4 unspecified atom stereocenters. The van der Waals surface area contributed by atoms with E-state index >= 15 is 0 Å². The van der Waals surface area contributed by atoms with Crippen LogP contribution in [0.15, 0.2) is 111 Å². The Bertz CT molecular complexity index is 2880. The first kappa shape index (κ1) is 55.5. The summed E-state index contributed by atoms with van der Waals surface area (Å²) in [7, 11) is 0. The fourth-order valence-corrected chi connectivity index (χ4v) is 7.63. The normalized spacial score (nSPS) is 12.9. The first-order valence-electron chi connectivity index (χ1n) is 22.0. The molecule has 71 heavy (non-hydrogen) atoms. The molecule has 4 atom stereocenters. The highest BCUT2D eigenvalue weighted by molar-refractivity contribution is 6.37. The van der Waals surface area contributed by atoms with Crippen LogP contribution in [0.4, 0.5) is 34.1 Å². The molecule has 0 aromatic heterocycles. The van der Waals surface area contributed by atoms with Gasteiger partial charge in [0.2, 0.25) is 12.1 Å². The predicted octanol–water partition coefficient (Wildman–Crippen LogP) is 13.0. The SMILES string of the molecule is CCOc1cc(NC(=O)c2cccc(N=NC(C(C)=O)C(=O)Nc3ccc(NC(=O)C(N=Nc4cccc(C(=O)Nc5cc(OCC)cc(C(C)Cl)c5)c4Cl)C(C)=O)c(CCCl)c3)c2Cl)cc(C(C)Cl)c1. The Kier molecular flexibility index (Phi) is 20.4. The molecule has 16 nitrogen and oxygen atoms in total. The number of halogens is 5. The molecule has 0 spiro atoms. The highest BCUT2D eigenvalue weighted by atomic mass is 35.5. The van der Waals surface area contributed by atoms with Crippen LogP contribution in [0, 0.1) is 0 Å². The third-order valence-electron chi connectivity index (χ3n) is 10.2. The highest BCUT2D eigenvalue weighted by Gasteiger charge is 2.27. The van der Waals surface area contributed by atoms with Crippen LogP contribution in [0.25, 0.3) is 0 Å². The van der Waals surface area contributed by atoms with Crippen LogP contribution in [0.2, 0.25) is 10.0 Å². The van der Waals surface area contributed by atoms with Gasteiger partial charge in [-0.15, -0.1) is 34.8 Å². The lowest BCUT2D eigenvalue weighted by atomic mass is 10.1. The predicted molar refractivity (Wildman–Crippen MR) is 279 cm³/mol. The van der Waals surface area contributed by atoms with E-state index in [0.717, 1.165) is 25.0 Å². The van der Waals surface area contributed by atoms with E-state index in [1.54, 1.807) is 50.2 Å². The molecular weight excluding hydrogens is 1020 g/mol. The molecule has 0 heterocycles. The highest BCUT2D eigenvalue weighted by Crippen LogP contribution is 2.34. The summed E-state index contributed by atoms with van der Waals surface area (Å²) in [6.45, 7) is 10.4. The zero-order chi connectivity index (χ0) is 51.9. The van der Waals surface area contributed by atoms with Crippen molar-refractivity contribution in [2.24, 2.45) is 20.5 Å². The molecule has 0 aliphatic rings. The zero-order valence-corrected chi connectivity index (χ0v) is 43.0. The van der Waals surface area contributed by atoms with E-state index < -0.39 is 47.3 Å². The molecule has 0 saturated heterocycles. The van der Waals surface area contributed by atoms with Crippen LogP contribution >= 0.6 is 58.0 Å². The molecule has 5 rings (SSSR count). The van der Waals surface area contributed by atoms with Crippen molar-refractivity contribution in [3.8, 4) is 11.5 Å². The number of nitrogens with zero attached hydrogens (tertiary/aromatic N) is 4. The van der Waals surface area contributed by atoms with E-state index in [1.807, 2.05) is 13.8 Å².